The van der Waals surface area contributed by atoms with E-state index in [-0.39, 0.29) is 5.91 Å². The first-order valence-electron chi connectivity index (χ1n) is 6.21. The summed E-state index contributed by atoms with van der Waals surface area (Å²) >= 11 is 0. The monoisotopic (exact) mass is 259 g/mol. The SMILES string of the molecule is CCC(=O)NOCc1cccc2ccc(OC)cc12. The van der Waals surface area contributed by atoms with Crippen LogP contribution in [0, 0.1) is 0 Å². The zero-order valence-electron chi connectivity index (χ0n) is 11.1. The Kier molecular flexibility index (Phi) is 4.36. The molecule has 0 saturated carbocycles. The number of rotatable bonds is 5. The van der Waals surface area contributed by atoms with Crippen molar-refractivity contribution < 1.29 is 14.4 Å². The van der Waals surface area contributed by atoms with Crippen LogP contribution in [0.25, 0.3) is 10.8 Å². The van der Waals surface area contributed by atoms with Crippen LogP contribution in [0.15, 0.2) is 36.4 Å². The summed E-state index contributed by atoms with van der Waals surface area (Å²) in [6, 6.07) is 11.9. The number of carbonyl (C=O) groups excluding carboxylic acids is 1. The maximum atomic E-state index is 11.1. The van der Waals surface area contributed by atoms with Crippen molar-refractivity contribution in [3.05, 3.63) is 42.0 Å². The molecule has 2 aromatic rings. The Labute approximate surface area is 112 Å². The Morgan fingerprint density at radius 1 is 1.26 bits per heavy atom. The average molecular weight is 259 g/mol. The van der Waals surface area contributed by atoms with Crippen LogP contribution in [-0.4, -0.2) is 13.0 Å². The molecule has 2 rings (SSSR count). The number of carbonyl (C=O) groups is 1. The Balaban J connectivity index is 2.19. The van der Waals surface area contributed by atoms with Crippen LogP contribution in [0.2, 0.25) is 0 Å². The predicted molar refractivity (Wildman–Crippen MR) is 73.7 cm³/mol. The van der Waals surface area contributed by atoms with Crippen molar-refractivity contribution >= 4 is 16.7 Å². The molecular weight excluding hydrogens is 242 g/mol. The van der Waals surface area contributed by atoms with Crippen molar-refractivity contribution in [1.82, 2.24) is 5.48 Å². The number of nitrogens with one attached hydrogen (secondary N) is 1. The minimum absolute atomic E-state index is 0.127. The second kappa shape index (κ2) is 6.20. The van der Waals surface area contributed by atoms with E-state index in [1.807, 2.05) is 36.4 Å². The van der Waals surface area contributed by atoms with Gasteiger partial charge in [0.2, 0.25) is 5.91 Å². The summed E-state index contributed by atoms with van der Waals surface area (Å²) in [6.45, 7) is 2.11. The van der Waals surface area contributed by atoms with Crippen molar-refractivity contribution in [2.24, 2.45) is 0 Å². The van der Waals surface area contributed by atoms with Crippen molar-refractivity contribution in [2.75, 3.05) is 7.11 Å². The molecule has 0 bridgehead atoms. The first kappa shape index (κ1) is 13.4. The Hall–Kier alpha value is -2.07. The third-order valence-corrected chi connectivity index (χ3v) is 2.91. The summed E-state index contributed by atoms with van der Waals surface area (Å²) in [4.78, 5) is 16.3. The molecule has 0 spiro atoms. The molecule has 0 atom stereocenters. The van der Waals surface area contributed by atoms with E-state index in [1.54, 1.807) is 14.0 Å². The van der Waals surface area contributed by atoms with Crippen molar-refractivity contribution in [2.45, 2.75) is 20.0 Å². The van der Waals surface area contributed by atoms with Gasteiger partial charge in [-0.15, -0.1) is 0 Å². The van der Waals surface area contributed by atoms with Gasteiger partial charge in [-0.2, -0.15) is 0 Å². The van der Waals surface area contributed by atoms with Gasteiger partial charge in [0.25, 0.3) is 0 Å². The predicted octanol–water partition coefficient (Wildman–Crippen LogP) is 2.81. The highest BCUT2D eigenvalue weighted by Crippen LogP contribution is 2.24. The highest BCUT2D eigenvalue weighted by atomic mass is 16.6. The van der Waals surface area contributed by atoms with Crippen molar-refractivity contribution in [1.29, 1.82) is 0 Å². The van der Waals surface area contributed by atoms with Crippen LogP contribution in [-0.2, 0) is 16.2 Å². The lowest BCUT2D eigenvalue weighted by Crippen LogP contribution is -2.22. The highest BCUT2D eigenvalue weighted by Gasteiger charge is 2.04. The molecule has 1 amide bonds. The Morgan fingerprint density at radius 3 is 2.84 bits per heavy atom. The molecule has 0 radical (unpaired) electrons. The minimum atomic E-state index is -0.127. The molecule has 0 heterocycles. The molecule has 0 fully saturated rings. The molecule has 4 heteroatoms. The summed E-state index contributed by atoms with van der Waals surface area (Å²) in [7, 11) is 1.64. The van der Waals surface area contributed by atoms with Gasteiger partial charge in [-0.3, -0.25) is 9.63 Å². The Morgan fingerprint density at radius 2 is 2.11 bits per heavy atom. The number of methoxy groups -OCH3 is 1. The van der Waals surface area contributed by atoms with E-state index in [9.17, 15) is 4.79 Å². The summed E-state index contributed by atoms with van der Waals surface area (Å²) in [5, 5.41) is 2.18. The molecule has 0 aliphatic carbocycles. The van der Waals surface area contributed by atoms with Gasteiger partial charge in [0.15, 0.2) is 0 Å². The zero-order chi connectivity index (χ0) is 13.7. The van der Waals surface area contributed by atoms with Gasteiger partial charge in [-0.05, 0) is 28.5 Å². The standard InChI is InChI=1S/C15H17NO3/c1-3-15(17)16-19-10-12-6-4-5-11-7-8-13(18-2)9-14(11)12/h4-9H,3,10H2,1-2H3,(H,16,17). The molecule has 2 aromatic carbocycles. The van der Waals surface area contributed by atoms with E-state index < -0.39 is 0 Å². The summed E-state index contributed by atoms with van der Waals surface area (Å²) in [6.07, 6.45) is 0.406. The molecule has 4 nitrogen and oxygen atoms in total. The van der Waals surface area contributed by atoms with Gasteiger partial charge in [0, 0.05) is 6.42 Å². The summed E-state index contributed by atoms with van der Waals surface area (Å²) in [5.41, 5.74) is 3.41. The lowest BCUT2D eigenvalue weighted by molar-refractivity contribution is -0.134. The van der Waals surface area contributed by atoms with Gasteiger partial charge in [0.05, 0.1) is 7.11 Å². The number of hydrogen-bond acceptors (Lipinski definition) is 3. The van der Waals surface area contributed by atoms with Crippen molar-refractivity contribution in [3.8, 4) is 5.75 Å². The van der Waals surface area contributed by atoms with Gasteiger partial charge in [-0.25, -0.2) is 5.48 Å². The highest BCUT2D eigenvalue weighted by molar-refractivity contribution is 5.87. The topological polar surface area (TPSA) is 47.6 Å². The van der Waals surface area contributed by atoms with E-state index in [4.69, 9.17) is 9.57 Å². The van der Waals surface area contributed by atoms with Crippen LogP contribution in [0.4, 0.5) is 0 Å². The quantitative estimate of drug-likeness (QED) is 0.840. The van der Waals surface area contributed by atoms with Crippen LogP contribution < -0.4 is 10.2 Å². The average Bonchev–Trinajstić information content (AvgIpc) is 2.46. The second-order valence-electron chi connectivity index (χ2n) is 4.17. The van der Waals surface area contributed by atoms with Crippen molar-refractivity contribution in [3.63, 3.8) is 0 Å². The summed E-state index contributed by atoms with van der Waals surface area (Å²) < 4.78 is 5.23. The van der Waals surface area contributed by atoms with Gasteiger partial charge in [-0.1, -0.05) is 31.2 Å². The second-order valence-corrected chi connectivity index (χ2v) is 4.17. The Bertz CT molecular complexity index is 581. The number of hydrogen-bond donors (Lipinski definition) is 1. The fourth-order valence-corrected chi connectivity index (χ4v) is 1.84. The fourth-order valence-electron chi connectivity index (χ4n) is 1.84. The molecule has 19 heavy (non-hydrogen) atoms. The van der Waals surface area contributed by atoms with Crippen LogP contribution in [0.5, 0.6) is 5.75 Å². The molecular formula is C15H17NO3. The fraction of sp³-hybridized carbons (Fsp3) is 0.267. The van der Waals surface area contributed by atoms with Gasteiger partial charge < -0.3 is 4.74 Å². The lowest BCUT2D eigenvalue weighted by atomic mass is 10.0. The first-order valence-corrected chi connectivity index (χ1v) is 6.21. The third-order valence-electron chi connectivity index (χ3n) is 2.91. The maximum Gasteiger partial charge on any atom is 0.243 e. The lowest BCUT2D eigenvalue weighted by Gasteiger charge is -2.09. The maximum absolute atomic E-state index is 11.1. The molecule has 0 aliphatic rings. The molecule has 0 saturated heterocycles. The minimum Gasteiger partial charge on any atom is -0.497 e. The van der Waals surface area contributed by atoms with Gasteiger partial charge in [0.1, 0.15) is 12.4 Å². The number of amides is 1. The van der Waals surface area contributed by atoms with Crippen LogP contribution >= 0.6 is 0 Å². The number of fused-ring (bicyclic) bond motifs is 1. The normalized spacial score (nSPS) is 10.4. The van der Waals surface area contributed by atoms with E-state index in [1.165, 1.54) is 0 Å². The molecule has 1 N–H and O–H groups in total. The molecule has 0 unspecified atom stereocenters. The smallest absolute Gasteiger partial charge is 0.243 e. The first-order chi connectivity index (χ1) is 9.24. The van der Waals surface area contributed by atoms with E-state index in [0.717, 1.165) is 22.1 Å². The third kappa shape index (κ3) is 3.23. The van der Waals surface area contributed by atoms with Crippen LogP contribution in [0.1, 0.15) is 18.9 Å². The largest absolute Gasteiger partial charge is 0.497 e. The molecule has 0 aliphatic heterocycles. The molecule has 0 aromatic heterocycles. The number of ether oxygens (including phenoxy) is 1. The van der Waals surface area contributed by atoms with Crippen LogP contribution in [0.3, 0.4) is 0 Å². The van der Waals surface area contributed by atoms with E-state index in [0.29, 0.717) is 13.0 Å². The zero-order valence-corrected chi connectivity index (χ0v) is 11.1. The number of benzene rings is 2. The number of hydroxylamine groups is 1. The van der Waals surface area contributed by atoms with E-state index >= 15 is 0 Å². The summed E-state index contributed by atoms with van der Waals surface area (Å²) in [5.74, 6) is 0.676. The van der Waals surface area contributed by atoms with Gasteiger partial charge >= 0.3 is 0 Å². The van der Waals surface area contributed by atoms with E-state index in [2.05, 4.69) is 5.48 Å². The molecule has 100 valence electrons.